The molecule has 0 atom stereocenters. The molecule has 0 fully saturated rings. The van der Waals surface area contributed by atoms with Crippen LogP contribution in [0.15, 0.2) is 52.9 Å². The van der Waals surface area contributed by atoms with E-state index < -0.39 is 22.5 Å². The van der Waals surface area contributed by atoms with Gasteiger partial charge >= 0.3 is 0 Å². The standard InChI is InChI=1S/C20H16F2N2O6/c1-2-28-13-4-6-16(17(10-13)24(26)27)23-20(25)19-8-5-14(30-19)11-29-18-7-3-12(21)9-15(18)22/h3-10H,2,11H2,1H3,(H,23,25). The summed E-state index contributed by atoms with van der Waals surface area (Å²) in [5, 5.41) is 13.7. The van der Waals surface area contributed by atoms with E-state index in [-0.39, 0.29) is 35.3 Å². The number of carbonyl (C=O) groups excluding carboxylic acids is 1. The van der Waals surface area contributed by atoms with Crippen LogP contribution in [0, 0.1) is 21.7 Å². The first-order valence-corrected chi connectivity index (χ1v) is 8.76. The molecule has 30 heavy (non-hydrogen) atoms. The summed E-state index contributed by atoms with van der Waals surface area (Å²) in [7, 11) is 0. The smallest absolute Gasteiger partial charge is 0.296 e. The molecule has 10 heteroatoms. The van der Waals surface area contributed by atoms with Crippen molar-refractivity contribution in [1.82, 2.24) is 0 Å². The largest absolute Gasteiger partial charge is 0.494 e. The highest BCUT2D eigenvalue weighted by molar-refractivity contribution is 6.03. The van der Waals surface area contributed by atoms with Gasteiger partial charge in [0.2, 0.25) is 0 Å². The maximum absolute atomic E-state index is 13.6. The molecule has 156 valence electrons. The summed E-state index contributed by atoms with van der Waals surface area (Å²) < 4.78 is 42.3. The van der Waals surface area contributed by atoms with Crippen LogP contribution in [0.3, 0.4) is 0 Å². The van der Waals surface area contributed by atoms with E-state index in [1.807, 2.05) is 0 Å². The van der Waals surface area contributed by atoms with Gasteiger partial charge in [-0.05, 0) is 43.3 Å². The van der Waals surface area contributed by atoms with Gasteiger partial charge in [0.05, 0.1) is 17.6 Å². The fourth-order valence-corrected chi connectivity index (χ4v) is 2.53. The van der Waals surface area contributed by atoms with Crippen molar-refractivity contribution in [2.45, 2.75) is 13.5 Å². The molecule has 8 nitrogen and oxygen atoms in total. The Morgan fingerprint density at radius 2 is 1.93 bits per heavy atom. The molecule has 1 aromatic heterocycles. The highest BCUT2D eigenvalue weighted by Crippen LogP contribution is 2.29. The number of halogens is 2. The summed E-state index contributed by atoms with van der Waals surface area (Å²) in [6, 6.07) is 9.68. The van der Waals surface area contributed by atoms with Gasteiger partial charge in [0, 0.05) is 6.07 Å². The molecular formula is C20H16F2N2O6. The SMILES string of the molecule is CCOc1ccc(NC(=O)c2ccc(COc3ccc(F)cc3F)o2)c([N+](=O)[O-])c1. The van der Waals surface area contributed by atoms with Gasteiger partial charge in [0.25, 0.3) is 11.6 Å². The fourth-order valence-electron chi connectivity index (χ4n) is 2.53. The molecule has 0 saturated heterocycles. The summed E-state index contributed by atoms with van der Waals surface area (Å²) in [4.78, 5) is 23.0. The summed E-state index contributed by atoms with van der Waals surface area (Å²) >= 11 is 0. The molecule has 0 aliphatic rings. The van der Waals surface area contributed by atoms with E-state index in [0.717, 1.165) is 12.1 Å². The molecule has 1 N–H and O–H groups in total. The highest BCUT2D eigenvalue weighted by Gasteiger charge is 2.20. The monoisotopic (exact) mass is 418 g/mol. The van der Waals surface area contributed by atoms with Crippen LogP contribution in [0.25, 0.3) is 0 Å². The lowest BCUT2D eigenvalue weighted by atomic mass is 10.2. The predicted molar refractivity (Wildman–Crippen MR) is 102 cm³/mol. The number of rotatable bonds is 8. The van der Waals surface area contributed by atoms with E-state index in [4.69, 9.17) is 13.9 Å². The first kappa shape index (κ1) is 20.8. The van der Waals surface area contributed by atoms with Crippen molar-refractivity contribution in [3.63, 3.8) is 0 Å². The van der Waals surface area contributed by atoms with Gasteiger partial charge in [-0.1, -0.05) is 0 Å². The van der Waals surface area contributed by atoms with Gasteiger partial charge in [0.15, 0.2) is 17.3 Å². The normalized spacial score (nSPS) is 10.5. The van der Waals surface area contributed by atoms with Crippen molar-refractivity contribution < 1.29 is 32.4 Å². The summed E-state index contributed by atoms with van der Waals surface area (Å²) in [5.41, 5.74) is -0.368. The van der Waals surface area contributed by atoms with Crippen LogP contribution in [0.1, 0.15) is 23.2 Å². The molecule has 0 spiro atoms. The maximum Gasteiger partial charge on any atom is 0.296 e. The zero-order valence-corrected chi connectivity index (χ0v) is 15.7. The van der Waals surface area contributed by atoms with E-state index in [1.54, 1.807) is 6.92 Å². The van der Waals surface area contributed by atoms with Crippen molar-refractivity contribution >= 4 is 17.3 Å². The molecule has 3 aromatic rings. The number of nitro benzene ring substituents is 1. The average Bonchev–Trinajstić information content (AvgIpc) is 3.18. The lowest BCUT2D eigenvalue weighted by molar-refractivity contribution is -0.384. The molecule has 3 rings (SSSR count). The van der Waals surface area contributed by atoms with Gasteiger partial charge in [-0.15, -0.1) is 0 Å². The van der Waals surface area contributed by atoms with Crippen molar-refractivity contribution in [3.8, 4) is 11.5 Å². The predicted octanol–water partition coefficient (Wildman–Crippen LogP) is 4.70. The Bertz CT molecular complexity index is 1080. The van der Waals surface area contributed by atoms with Crippen LogP contribution < -0.4 is 14.8 Å². The van der Waals surface area contributed by atoms with Crippen LogP contribution in [0.5, 0.6) is 11.5 Å². The van der Waals surface area contributed by atoms with Gasteiger partial charge < -0.3 is 19.2 Å². The zero-order valence-electron chi connectivity index (χ0n) is 15.7. The Balaban J connectivity index is 1.68. The minimum atomic E-state index is -0.873. The topological polar surface area (TPSA) is 104 Å². The Kier molecular flexibility index (Phi) is 6.26. The number of hydrogen-bond donors (Lipinski definition) is 1. The summed E-state index contributed by atoms with van der Waals surface area (Å²) in [5.74, 6) is -2.14. The van der Waals surface area contributed by atoms with Gasteiger partial charge in [-0.2, -0.15) is 0 Å². The number of furan rings is 1. The second kappa shape index (κ2) is 9.03. The van der Waals surface area contributed by atoms with Crippen LogP contribution in [0.4, 0.5) is 20.2 Å². The second-order valence-electron chi connectivity index (χ2n) is 5.95. The van der Waals surface area contributed by atoms with Gasteiger partial charge in [-0.3, -0.25) is 14.9 Å². The number of anilines is 1. The summed E-state index contributed by atoms with van der Waals surface area (Å²) in [6.07, 6.45) is 0. The number of nitrogens with zero attached hydrogens (tertiary/aromatic N) is 1. The van der Waals surface area contributed by atoms with Gasteiger partial charge in [-0.25, -0.2) is 8.78 Å². The molecule has 0 bridgehead atoms. The van der Waals surface area contributed by atoms with Crippen LogP contribution in [-0.4, -0.2) is 17.4 Å². The third-order valence-electron chi connectivity index (χ3n) is 3.87. The second-order valence-corrected chi connectivity index (χ2v) is 5.95. The molecular weight excluding hydrogens is 402 g/mol. The molecule has 1 amide bonds. The zero-order chi connectivity index (χ0) is 21.7. The number of nitrogens with one attached hydrogen (secondary N) is 1. The van der Waals surface area contributed by atoms with E-state index >= 15 is 0 Å². The van der Waals surface area contributed by atoms with E-state index in [0.29, 0.717) is 18.4 Å². The fraction of sp³-hybridized carbons (Fsp3) is 0.150. The van der Waals surface area contributed by atoms with Crippen molar-refractivity contribution in [2.75, 3.05) is 11.9 Å². The highest BCUT2D eigenvalue weighted by atomic mass is 19.1. The number of benzene rings is 2. The molecule has 0 aliphatic carbocycles. The first-order valence-electron chi connectivity index (χ1n) is 8.76. The number of carbonyl (C=O) groups is 1. The molecule has 0 unspecified atom stereocenters. The molecule has 0 radical (unpaired) electrons. The number of nitro groups is 1. The van der Waals surface area contributed by atoms with E-state index in [1.165, 1.54) is 30.3 Å². The minimum Gasteiger partial charge on any atom is -0.494 e. The van der Waals surface area contributed by atoms with Crippen LogP contribution in [0.2, 0.25) is 0 Å². The Labute approximate surface area is 169 Å². The van der Waals surface area contributed by atoms with Crippen LogP contribution in [-0.2, 0) is 6.61 Å². The Morgan fingerprint density at radius 3 is 2.63 bits per heavy atom. The van der Waals surface area contributed by atoms with Gasteiger partial charge in [0.1, 0.15) is 29.6 Å². The maximum atomic E-state index is 13.6. The first-order chi connectivity index (χ1) is 14.4. The number of ether oxygens (including phenoxy) is 2. The van der Waals surface area contributed by atoms with E-state index in [9.17, 15) is 23.7 Å². The van der Waals surface area contributed by atoms with Crippen molar-refractivity contribution in [3.05, 3.63) is 81.8 Å². The Morgan fingerprint density at radius 1 is 1.13 bits per heavy atom. The molecule has 2 aromatic carbocycles. The lowest BCUT2D eigenvalue weighted by Crippen LogP contribution is -2.12. The third kappa shape index (κ3) is 4.90. The minimum absolute atomic E-state index is 0.0314. The lowest BCUT2D eigenvalue weighted by Gasteiger charge is -2.07. The third-order valence-corrected chi connectivity index (χ3v) is 3.87. The number of amides is 1. The Hall–Kier alpha value is -3.95. The molecule has 0 aliphatic heterocycles. The van der Waals surface area contributed by atoms with Crippen molar-refractivity contribution in [1.29, 1.82) is 0 Å². The molecule has 0 saturated carbocycles. The number of hydrogen-bond acceptors (Lipinski definition) is 6. The summed E-state index contributed by atoms with van der Waals surface area (Å²) in [6.45, 7) is 1.87. The average molecular weight is 418 g/mol. The quantitative estimate of drug-likeness (QED) is 0.420. The van der Waals surface area contributed by atoms with Crippen LogP contribution >= 0.6 is 0 Å². The van der Waals surface area contributed by atoms with Crippen molar-refractivity contribution in [2.24, 2.45) is 0 Å². The van der Waals surface area contributed by atoms with E-state index in [2.05, 4.69) is 5.32 Å². The molecule has 1 heterocycles.